The zero-order valence-electron chi connectivity index (χ0n) is 13.2. The van der Waals surface area contributed by atoms with Gasteiger partial charge in [0.05, 0.1) is 12.8 Å². The highest BCUT2D eigenvalue weighted by Gasteiger charge is 2.19. The third kappa shape index (κ3) is 3.47. The topological polar surface area (TPSA) is 30.3 Å². The smallest absolute Gasteiger partial charge is 0.119 e. The molecular formula is C17H23N3OS. The molecular weight excluding hydrogens is 294 g/mol. The van der Waals surface area contributed by atoms with E-state index in [-0.39, 0.29) is 0 Å². The fraction of sp³-hybridized carbons (Fsp3) is 0.471. The molecule has 1 fully saturated rings. The second-order valence-electron chi connectivity index (χ2n) is 5.70. The lowest BCUT2D eigenvalue weighted by Crippen LogP contribution is -2.34. The molecule has 0 saturated carbocycles. The maximum absolute atomic E-state index is 5.40. The molecule has 5 heteroatoms. The number of ether oxygens (including phenoxy) is 1. The van der Waals surface area contributed by atoms with Crippen molar-refractivity contribution in [3.05, 3.63) is 42.2 Å². The average molecular weight is 317 g/mol. The van der Waals surface area contributed by atoms with E-state index in [0.29, 0.717) is 6.04 Å². The quantitative estimate of drug-likeness (QED) is 0.847. The minimum Gasteiger partial charge on any atom is -0.497 e. The van der Waals surface area contributed by atoms with Gasteiger partial charge in [0.2, 0.25) is 0 Å². The van der Waals surface area contributed by atoms with E-state index in [1.54, 1.807) is 7.11 Å². The van der Waals surface area contributed by atoms with Crippen molar-refractivity contribution in [3.8, 4) is 11.4 Å². The maximum atomic E-state index is 5.40. The van der Waals surface area contributed by atoms with Crippen LogP contribution in [0.2, 0.25) is 0 Å². The van der Waals surface area contributed by atoms with E-state index in [2.05, 4.69) is 40.9 Å². The van der Waals surface area contributed by atoms with Crippen LogP contribution in [0.15, 0.2) is 36.7 Å². The Labute approximate surface area is 136 Å². The summed E-state index contributed by atoms with van der Waals surface area (Å²) in [5, 5.41) is 4.38. The van der Waals surface area contributed by atoms with Gasteiger partial charge in [0.15, 0.2) is 0 Å². The lowest BCUT2D eigenvalue weighted by Gasteiger charge is -2.31. The molecule has 0 unspecified atom stereocenters. The number of methoxy groups -OCH3 is 1. The first-order chi connectivity index (χ1) is 10.8. The van der Waals surface area contributed by atoms with Crippen LogP contribution in [0.3, 0.4) is 0 Å². The summed E-state index contributed by atoms with van der Waals surface area (Å²) < 4.78 is 7.33. The molecule has 2 aromatic rings. The molecule has 4 nitrogen and oxygen atoms in total. The zero-order valence-corrected chi connectivity index (χ0v) is 14.1. The highest BCUT2D eigenvalue weighted by Crippen LogP contribution is 2.26. The molecule has 1 aromatic carbocycles. The van der Waals surface area contributed by atoms with Crippen LogP contribution in [-0.2, 0) is 6.54 Å². The third-order valence-corrected chi connectivity index (χ3v) is 5.32. The average Bonchev–Trinajstić information content (AvgIpc) is 3.10. The lowest BCUT2D eigenvalue weighted by atomic mass is 10.1. The van der Waals surface area contributed by atoms with Gasteiger partial charge in [-0.3, -0.25) is 4.90 Å². The number of aromatic nitrogens is 2. The SMILES string of the molecule is COc1ccc(-n2cccn2)c(CN(C)C2CCSCC2)c1. The number of nitrogens with zero attached hydrogens (tertiary/aromatic N) is 3. The van der Waals surface area contributed by atoms with E-state index in [0.717, 1.165) is 18.0 Å². The monoisotopic (exact) mass is 317 g/mol. The van der Waals surface area contributed by atoms with Crippen LogP contribution in [0.5, 0.6) is 5.75 Å². The number of hydrogen-bond donors (Lipinski definition) is 0. The summed E-state index contributed by atoms with van der Waals surface area (Å²) in [6.45, 7) is 0.918. The summed E-state index contributed by atoms with van der Waals surface area (Å²) >= 11 is 2.07. The Balaban J connectivity index is 1.84. The second kappa shape index (κ2) is 7.20. The van der Waals surface area contributed by atoms with E-state index >= 15 is 0 Å². The number of hydrogen-bond acceptors (Lipinski definition) is 4. The van der Waals surface area contributed by atoms with Gasteiger partial charge in [-0.1, -0.05) is 0 Å². The van der Waals surface area contributed by atoms with Gasteiger partial charge in [0, 0.05) is 25.0 Å². The van der Waals surface area contributed by atoms with Gasteiger partial charge in [-0.05, 0) is 61.2 Å². The largest absolute Gasteiger partial charge is 0.497 e. The van der Waals surface area contributed by atoms with E-state index in [1.165, 1.54) is 29.9 Å². The van der Waals surface area contributed by atoms with Crippen molar-refractivity contribution < 1.29 is 4.74 Å². The molecule has 3 rings (SSSR count). The molecule has 0 spiro atoms. The zero-order chi connectivity index (χ0) is 15.4. The van der Waals surface area contributed by atoms with Crippen molar-refractivity contribution in [2.24, 2.45) is 0 Å². The van der Waals surface area contributed by atoms with Gasteiger partial charge in [-0.15, -0.1) is 0 Å². The standard InChI is InChI=1S/C17H23N3OS/c1-19(15-6-10-22-11-7-15)13-14-12-16(21-2)4-5-17(14)20-9-3-8-18-20/h3-5,8-9,12,15H,6-7,10-11,13H2,1-2H3. The maximum Gasteiger partial charge on any atom is 0.119 e. The van der Waals surface area contributed by atoms with Crippen LogP contribution in [0.1, 0.15) is 18.4 Å². The number of thioether (sulfide) groups is 1. The van der Waals surface area contributed by atoms with Gasteiger partial charge in [0.1, 0.15) is 5.75 Å². The Kier molecular flexibility index (Phi) is 5.05. The van der Waals surface area contributed by atoms with Crippen LogP contribution in [0.25, 0.3) is 5.69 Å². The fourth-order valence-electron chi connectivity index (χ4n) is 2.97. The first-order valence-corrected chi connectivity index (χ1v) is 8.88. The number of rotatable bonds is 5. The van der Waals surface area contributed by atoms with Gasteiger partial charge in [0.25, 0.3) is 0 Å². The molecule has 1 saturated heterocycles. The van der Waals surface area contributed by atoms with Crippen molar-refractivity contribution in [3.63, 3.8) is 0 Å². The summed E-state index contributed by atoms with van der Waals surface area (Å²) in [4.78, 5) is 2.47. The van der Waals surface area contributed by atoms with E-state index in [4.69, 9.17) is 4.74 Å². The second-order valence-corrected chi connectivity index (χ2v) is 6.93. The molecule has 0 bridgehead atoms. The Morgan fingerprint density at radius 2 is 2.18 bits per heavy atom. The van der Waals surface area contributed by atoms with Gasteiger partial charge in [-0.25, -0.2) is 4.68 Å². The van der Waals surface area contributed by atoms with Crippen LogP contribution in [0.4, 0.5) is 0 Å². The van der Waals surface area contributed by atoms with Crippen molar-refractivity contribution in [2.75, 3.05) is 25.7 Å². The van der Waals surface area contributed by atoms with Crippen LogP contribution < -0.4 is 4.74 Å². The molecule has 0 atom stereocenters. The summed E-state index contributed by atoms with van der Waals surface area (Å²) in [5.74, 6) is 3.46. The minimum absolute atomic E-state index is 0.679. The molecule has 0 N–H and O–H groups in total. The molecule has 118 valence electrons. The fourth-order valence-corrected chi connectivity index (χ4v) is 4.06. The summed E-state index contributed by atoms with van der Waals surface area (Å²) in [6, 6.07) is 8.85. The van der Waals surface area contributed by atoms with Crippen LogP contribution in [-0.4, -0.2) is 46.4 Å². The first kappa shape index (κ1) is 15.4. The van der Waals surface area contributed by atoms with Gasteiger partial charge >= 0.3 is 0 Å². The lowest BCUT2D eigenvalue weighted by molar-refractivity contribution is 0.221. The van der Waals surface area contributed by atoms with Crippen molar-refractivity contribution in [2.45, 2.75) is 25.4 Å². The summed E-state index contributed by atoms with van der Waals surface area (Å²) in [7, 11) is 3.95. The predicted molar refractivity (Wildman–Crippen MR) is 91.9 cm³/mol. The molecule has 0 radical (unpaired) electrons. The third-order valence-electron chi connectivity index (χ3n) is 4.27. The summed E-state index contributed by atoms with van der Waals surface area (Å²) in [6.07, 6.45) is 6.36. The predicted octanol–water partition coefficient (Wildman–Crippen LogP) is 3.21. The molecule has 1 aliphatic heterocycles. The Bertz CT molecular complexity index is 594. The molecule has 22 heavy (non-hydrogen) atoms. The van der Waals surface area contributed by atoms with E-state index < -0.39 is 0 Å². The molecule has 1 aliphatic rings. The van der Waals surface area contributed by atoms with Crippen LogP contribution >= 0.6 is 11.8 Å². The van der Waals surface area contributed by atoms with Gasteiger partial charge < -0.3 is 4.74 Å². The van der Waals surface area contributed by atoms with Crippen molar-refractivity contribution >= 4 is 11.8 Å². The Morgan fingerprint density at radius 1 is 1.36 bits per heavy atom. The molecule has 2 heterocycles. The van der Waals surface area contributed by atoms with E-state index in [9.17, 15) is 0 Å². The Hall–Kier alpha value is -1.46. The van der Waals surface area contributed by atoms with Crippen molar-refractivity contribution in [1.82, 2.24) is 14.7 Å². The molecule has 0 aliphatic carbocycles. The van der Waals surface area contributed by atoms with E-state index in [1.807, 2.05) is 29.2 Å². The highest BCUT2D eigenvalue weighted by atomic mass is 32.2. The molecule has 0 amide bonds. The van der Waals surface area contributed by atoms with Crippen molar-refractivity contribution in [1.29, 1.82) is 0 Å². The normalized spacial score (nSPS) is 16.1. The highest BCUT2D eigenvalue weighted by molar-refractivity contribution is 7.99. The van der Waals surface area contributed by atoms with Gasteiger partial charge in [-0.2, -0.15) is 16.9 Å². The first-order valence-electron chi connectivity index (χ1n) is 7.73. The summed E-state index contributed by atoms with van der Waals surface area (Å²) in [5.41, 5.74) is 2.38. The molecule has 1 aromatic heterocycles. The van der Waals surface area contributed by atoms with Crippen LogP contribution in [0, 0.1) is 0 Å². The Morgan fingerprint density at radius 3 is 2.86 bits per heavy atom. The minimum atomic E-state index is 0.679. The number of benzene rings is 1.